The fourth-order valence-corrected chi connectivity index (χ4v) is 3.56. The summed E-state index contributed by atoms with van der Waals surface area (Å²) in [5.74, 6) is -0.199. The summed E-state index contributed by atoms with van der Waals surface area (Å²) in [4.78, 5) is 29.0. The predicted octanol–water partition coefficient (Wildman–Crippen LogP) is 2.08. The van der Waals surface area contributed by atoms with E-state index in [1.54, 1.807) is 0 Å². The molecule has 2 saturated heterocycles. The Labute approximate surface area is 155 Å². The smallest absolute Gasteiger partial charge is 0.326 e. The van der Waals surface area contributed by atoms with E-state index in [1.807, 2.05) is 36.1 Å². The molecule has 0 spiro atoms. The van der Waals surface area contributed by atoms with Crippen LogP contribution in [-0.2, 0) is 20.9 Å². The molecule has 3 rings (SSSR count). The molecule has 0 radical (unpaired) electrons. The van der Waals surface area contributed by atoms with E-state index in [2.05, 4.69) is 4.90 Å². The third-order valence-corrected chi connectivity index (χ3v) is 5.12. The molecule has 6 nitrogen and oxygen atoms in total. The van der Waals surface area contributed by atoms with E-state index in [9.17, 15) is 9.59 Å². The Morgan fingerprint density at radius 1 is 1.19 bits per heavy atom. The Kier molecular flexibility index (Phi) is 6.63. The number of likely N-dealkylation sites (N-methyl/N-ethyl adjacent to an activating group) is 1. The zero-order chi connectivity index (χ0) is 18.4. The van der Waals surface area contributed by atoms with E-state index in [-0.39, 0.29) is 24.5 Å². The lowest BCUT2D eigenvalue weighted by Gasteiger charge is -2.32. The second-order valence-corrected chi connectivity index (χ2v) is 6.88. The molecule has 2 heterocycles. The van der Waals surface area contributed by atoms with Crippen molar-refractivity contribution in [2.75, 3.05) is 39.4 Å². The average Bonchev–Trinajstić information content (AvgIpc) is 2.72. The number of ether oxygens (including phenoxy) is 2. The van der Waals surface area contributed by atoms with Crippen LogP contribution in [0.4, 0.5) is 0 Å². The van der Waals surface area contributed by atoms with Gasteiger partial charge in [0.25, 0.3) is 5.91 Å². The average molecular weight is 360 g/mol. The van der Waals surface area contributed by atoms with Crippen LogP contribution in [0.15, 0.2) is 24.3 Å². The Morgan fingerprint density at radius 2 is 2.00 bits per heavy atom. The van der Waals surface area contributed by atoms with Gasteiger partial charge in [0, 0.05) is 25.2 Å². The van der Waals surface area contributed by atoms with Gasteiger partial charge in [-0.1, -0.05) is 19.1 Å². The number of benzene rings is 1. The van der Waals surface area contributed by atoms with Crippen molar-refractivity contribution in [1.29, 1.82) is 0 Å². The number of rotatable bonds is 5. The fraction of sp³-hybridized carbons (Fsp3) is 0.600. The standard InChI is InChI=1S/C20H28N2O4/c1-2-21-11-12-25-15-18(21)20(24)26-14-16-7-6-8-17(13-16)19(23)22-9-4-3-5-10-22/h6-8,13,18H,2-5,9-12,14-15H2,1H3. The predicted molar refractivity (Wildman–Crippen MR) is 97.8 cm³/mol. The van der Waals surface area contributed by atoms with E-state index in [0.29, 0.717) is 18.8 Å². The molecular weight excluding hydrogens is 332 g/mol. The van der Waals surface area contributed by atoms with E-state index in [1.165, 1.54) is 6.42 Å². The molecule has 1 unspecified atom stereocenters. The van der Waals surface area contributed by atoms with Gasteiger partial charge in [0.2, 0.25) is 0 Å². The number of hydrogen-bond acceptors (Lipinski definition) is 5. The van der Waals surface area contributed by atoms with Crippen molar-refractivity contribution in [2.24, 2.45) is 0 Å². The first kappa shape index (κ1) is 18.9. The molecule has 0 aromatic heterocycles. The minimum atomic E-state index is -0.341. The molecule has 2 aliphatic heterocycles. The van der Waals surface area contributed by atoms with Crippen LogP contribution in [-0.4, -0.2) is 67.1 Å². The zero-order valence-electron chi connectivity index (χ0n) is 15.5. The van der Waals surface area contributed by atoms with Gasteiger partial charge < -0.3 is 14.4 Å². The van der Waals surface area contributed by atoms with E-state index < -0.39 is 0 Å². The molecule has 0 saturated carbocycles. The molecule has 142 valence electrons. The Bertz CT molecular complexity index is 628. The van der Waals surface area contributed by atoms with Gasteiger partial charge in [0.1, 0.15) is 12.6 Å². The summed E-state index contributed by atoms with van der Waals surface area (Å²) >= 11 is 0. The van der Waals surface area contributed by atoms with Gasteiger partial charge in [-0.2, -0.15) is 0 Å². The SMILES string of the molecule is CCN1CCOCC1C(=O)OCc1cccc(C(=O)N2CCCCC2)c1. The van der Waals surface area contributed by atoms with Crippen molar-refractivity contribution in [3.8, 4) is 0 Å². The third-order valence-electron chi connectivity index (χ3n) is 5.12. The van der Waals surface area contributed by atoms with Crippen LogP contribution in [0.25, 0.3) is 0 Å². The molecule has 0 bridgehead atoms. The number of nitrogens with zero attached hydrogens (tertiary/aromatic N) is 2. The van der Waals surface area contributed by atoms with Crippen LogP contribution < -0.4 is 0 Å². The van der Waals surface area contributed by atoms with E-state index in [0.717, 1.165) is 44.6 Å². The van der Waals surface area contributed by atoms with Crippen LogP contribution in [0.3, 0.4) is 0 Å². The number of piperidine rings is 1. The first-order valence-corrected chi connectivity index (χ1v) is 9.55. The maximum Gasteiger partial charge on any atom is 0.326 e. The summed E-state index contributed by atoms with van der Waals surface area (Å²) in [6.45, 7) is 6.42. The van der Waals surface area contributed by atoms with Crippen LogP contribution in [0.5, 0.6) is 0 Å². The summed E-state index contributed by atoms with van der Waals surface area (Å²) in [5.41, 5.74) is 1.50. The van der Waals surface area contributed by atoms with Crippen LogP contribution in [0.1, 0.15) is 42.1 Å². The molecule has 1 amide bonds. The van der Waals surface area contributed by atoms with Gasteiger partial charge in [-0.3, -0.25) is 14.5 Å². The second-order valence-electron chi connectivity index (χ2n) is 6.88. The van der Waals surface area contributed by atoms with Gasteiger partial charge in [-0.25, -0.2) is 0 Å². The number of carbonyl (C=O) groups excluding carboxylic acids is 2. The van der Waals surface area contributed by atoms with Crippen LogP contribution >= 0.6 is 0 Å². The molecule has 2 fully saturated rings. The van der Waals surface area contributed by atoms with Crippen molar-refractivity contribution >= 4 is 11.9 Å². The summed E-state index contributed by atoms with van der Waals surface area (Å²) in [6.07, 6.45) is 3.33. The number of hydrogen-bond donors (Lipinski definition) is 0. The maximum atomic E-state index is 12.6. The van der Waals surface area contributed by atoms with Crippen molar-refractivity contribution in [3.63, 3.8) is 0 Å². The minimum Gasteiger partial charge on any atom is -0.460 e. The normalized spacial score (nSPS) is 21.4. The molecule has 1 atom stereocenters. The quantitative estimate of drug-likeness (QED) is 0.753. The van der Waals surface area contributed by atoms with E-state index in [4.69, 9.17) is 9.47 Å². The summed E-state index contributed by atoms with van der Waals surface area (Å²) in [5, 5.41) is 0. The monoisotopic (exact) mass is 360 g/mol. The van der Waals surface area contributed by atoms with Crippen LogP contribution in [0, 0.1) is 0 Å². The zero-order valence-corrected chi connectivity index (χ0v) is 15.5. The van der Waals surface area contributed by atoms with Gasteiger partial charge >= 0.3 is 5.97 Å². The molecule has 0 N–H and O–H groups in total. The van der Waals surface area contributed by atoms with E-state index >= 15 is 0 Å². The lowest BCUT2D eigenvalue weighted by molar-refractivity contribution is -0.157. The molecule has 1 aromatic carbocycles. The van der Waals surface area contributed by atoms with Crippen molar-refractivity contribution in [1.82, 2.24) is 9.80 Å². The van der Waals surface area contributed by atoms with Crippen molar-refractivity contribution in [3.05, 3.63) is 35.4 Å². The van der Waals surface area contributed by atoms with Gasteiger partial charge in [0.15, 0.2) is 0 Å². The maximum absolute atomic E-state index is 12.6. The highest BCUT2D eigenvalue weighted by Gasteiger charge is 2.29. The van der Waals surface area contributed by atoms with Gasteiger partial charge in [-0.05, 0) is 43.5 Å². The van der Waals surface area contributed by atoms with Gasteiger partial charge in [-0.15, -0.1) is 0 Å². The lowest BCUT2D eigenvalue weighted by atomic mass is 10.1. The summed E-state index contributed by atoms with van der Waals surface area (Å²) in [7, 11) is 0. The lowest BCUT2D eigenvalue weighted by Crippen LogP contribution is -2.50. The fourth-order valence-electron chi connectivity index (χ4n) is 3.56. The molecule has 0 aliphatic carbocycles. The Hall–Kier alpha value is -1.92. The number of amides is 1. The first-order chi connectivity index (χ1) is 12.7. The Balaban J connectivity index is 1.58. The highest BCUT2D eigenvalue weighted by atomic mass is 16.5. The first-order valence-electron chi connectivity index (χ1n) is 9.55. The molecule has 26 heavy (non-hydrogen) atoms. The third kappa shape index (κ3) is 4.62. The largest absolute Gasteiger partial charge is 0.460 e. The Morgan fingerprint density at radius 3 is 2.77 bits per heavy atom. The minimum absolute atomic E-state index is 0.0655. The number of carbonyl (C=O) groups is 2. The molecule has 1 aromatic rings. The number of esters is 1. The van der Waals surface area contributed by atoms with Crippen molar-refractivity contribution in [2.45, 2.75) is 38.8 Å². The van der Waals surface area contributed by atoms with Gasteiger partial charge in [0.05, 0.1) is 13.2 Å². The second kappa shape index (κ2) is 9.14. The van der Waals surface area contributed by atoms with Crippen LogP contribution in [0.2, 0.25) is 0 Å². The highest BCUT2D eigenvalue weighted by Crippen LogP contribution is 2.15. The topological polar surface area (TPSA) is 59.1 Å². The molecule has 2 aliphatic rings. The molecule has 6 heteroatoms. The number of morpholine rings is 1. The molecular formula is C20H28N2O4. The summed E-state index contributed by atoms with van der Waals surface area (Å²) in [6, 6.07) is 7.05. The highest BCUT2D eigenvalue weighted by molar-refractivity contribution is 5.94. The number of likely N-dealkylation sites (tertiary alicyclic amines) is 1. The summed E-state index contributed by atoms with van der Waals surface area (Å²) < 4.78 is 10.9. The van der Waals surface area contributed by atoms with Crippen molar-refractivity contribution < 1.29 is 19.1 Å².